The average Bonchev–Trinajstić information content (AvgIpc) is 3.45. The van der Waals surface area contributed by atoms with Crippen LogP contribution in [0.4, 0.5) is 5.69 Å². The number of halogens is 1. The summed E-state index contributed by atoms with van der Waals surface area (Å²) in [4.78, 5) is 19.5. The van der Waals surface area contributed by atoms with Gasteiger partial charge in [0.15, 0.2) is 5.11 Å². The summed E-state index contributed by atoms with van der Waals surface area (Å²) in [5, 5.41) is 7.50. The Balaban J connectivity index is 1.52. The summed E-state index contributed by atoms with van der Waals surface area (Å²) in [6, 6.07) is 26.4. The minimum atomic E-state index is -0.266. The lowest BCUT2D eigenvalue weighted by Crippen LogP contribution is -2.37. The number of thiocarbonyl (C=S) groups is 1. The van der Waals surface area contributed by atoms with Gasteiger partial charge in [0.05, 0.1) is 17.8 Å². The molecule has 2 N–H and O–H groups in total. The van der Waals surface area contributed by atoms with Crippen LogP contribution >= 0.6 is 23.8 Å². The van der Waals surface area contributed by atoms with E-state index in [2.05, 4.69) is 20.2 Å². The van der Waals surface area contributed by atoms with Crippen molar-refractivity contribution < 1.29 is 4.79 Å². The Labute approximate surface area is 208 Å². The normalized spacial score (nSPS) is 17.4. The molecular formula is C26H22ClN5OS. The summed E-state index contributed by atoms with van der Waals surface area (Å²) in [5.74, 6) is -0.150. The average molecular weight is 488 g/mol. The number of pyridine rings is 1. The van der Waals surface area contributed by atoms with Crippen LogP contribution in [0.5, 0.6) is 0 Å². The molecule has 5 rings (SSSR count). The van der Waals surface area contributed by atoms with Gasteiger partial charge < -0.3 is 20.1 Å². The van der Waals surface area contributed by atoms with Crippen molar-refractivity contribution in [1.82, 2.24) is 19.8 Å². The topological polar surface area (TPSA) is 62.2 Å². The largest absolute Gasteiger partial charge is 0.352 e. The van der Waals surface area contributed by atoms with Gasteiger partial charge >= 0.3 is 0 Å². The van der Waals surface area contributed by atoms with Crippen LogP contribution in [-0.2, 0) is 4.79 Å². The third-order valence-corrected chi connectivity index (χ3v) is 6.33. The van der Waals surface area contributed by atoms with E-state index < -0.39 is 0 Å². The van der Waals surface area contributed by atoms with E-state index in [9.17, 15) is 4.79 Å². The van der Waals surface area contributed by atoms with E-state index in [0.717, 1.165) is 22.8 Å². The van der Waals surface area contributed by atoms with Crippen LogP contribution in [-0.4, -0.2) is 32.0 Å². The highest BCUT2D eigenvalue weighted by atomic mass is 35.5. The number of hydrogen-bond donors (Lipinski definition) is 2. The van der Waals surface area contributed by atoms with Gasteiger partial charge in [0.2, 0.25) is 5.91 Å². The van der Waals surface area contributed by atoms with Crippen molar-refractivity contribution in [2.75, 3.05) is 11.9 Å². The van der Waals surface area contributed by atoms with Gasteiger partial charge in [-0.25, -0.2) is 0 Å². The molecule has 0 unspecified atom stereocenters. The molecule has 34 heavy (non-hydrogen) atoms. The molecule has 170 valence electrons. The molecule has 0 saturated carbocycles. The molecule has 0 bridgehead atoms. The zero-order valence-corrected chi connectivity index (χ0v) is 19.7. The SMILES string of the molecule is O=C(CN1C(=S)N[C@@H](c2ccccn2)[C@H]1c1cccn1-c1cccc(Cl)c1)Nc1ccccc1. The van der Waals surface area contributed by atoms with Crippen LogP contribution in [0.25, 0.3) is 5.69 Å². The Kier molecular flexibility index (Phi) is 6.29. The highest BCUT2D eigenvalue weighted by molar-refractivity contribution is 7.80. The monoisotopic (exact) mass is 487 g/mol. The summed E-state index contributed by atoms with van der Waals surface area (Å²) in [6.07, 6.45) is 3.75. The van der Waals surface area contributed by atoms with Gasteiger partial charge in [0.25, 0.3) is 0 Å². The first kappa shape index (κ1) is 22.1. The lowest BCUT2D eigenvalue weighted by Gasteiger charge is -2.28. The van der Waals surface area contributed by atoms with Crippen molar-refractivity contribution in [3.63, 3.8) is 0 Å². The number of aromatic nitrogens is 2. The van der Waals surface area contributed by atoms with Crippen molar-refractivity contribution in [3.05, 3.63) is 114 Å². The molecule has 2 atom stereocenters. The lowest BCUT2D eigenvalue weighted by molar-refractivity contribution is -0.116. The number of para-hydroxylation sites is 1. The van der Waals surface area contributed by atoms with Crippen molar-refractivity contribution in [3.8, 4) is 5.69 Å². The first-order chi connectivity index (χ1) is 16.6. The fourth-order valence-corrected chi connectivity index (χ4v) is 4.76. The number of rotatable bonds is 6. The molecule has 0 radical (unpaired) electrons. The summed E-state index contributed by atoms with van der Waals surface area (Å²) >= 11 is 12.0. The van der Waals surface area contributed by atoms with Gasteiger partial charge in [-0.1, -0.05) is 41.9 Å². The third-order valence-electron chi connectivity index (χ3n) is 5.74. The van der Waals surface area contributed by atoms with E-state index in [1.807, 2.05) is 96.0 Å². The maximum Gasteiger partial charge on any atom is 0.244 e. The smallest absolute Gasteiger partial charge is 0.244 e. The Morgan fingerprint density at radius 2 is 1.85 bits per heavy atom. The molecule has 3 heterocycles. The lowest BCUT2D eigenvalue weighted by atomic mass is 10.0. The minimum absolute atomic E-state index is 0.0927. The molecule has 1 aliphatic rings. The van der Waals surface area contributed by atoms with Gasteiger partial charge in [0, 0.05) is 34.5 Å². The summed E-state index contributed by atoms with van der Waals surface area (Å²) in [7, 11) is 0. The first-order valence-electron chi connectivity index (χ1n) is 10.9. The standard InChI is InChI=1S/C26H22ClN5OS/c27-18-8-6-11-20(16-18)31-15-7-13-22(31)25-24(21-12-4-5-14-28-21)30-26(34)32(25)17-23(33)29-19-9-2-1-3-10-19/h1-16,24-25H,17H2,(H,29,33)(H,30,34)/t24-,25+/m0/s1. The molecular weight excluding hydrogens is 466 g/mol. The minimum Gasteiger partial charge on any atom is -0.352 e. The van der Waals surface area contributed by atoms with Crippen molar-refractivity contribution >= 4 is 40.5 Å². The fraction of sp³-hybridized carbons (Fsp3) is 0.115. The molecule has 2 aromatic heterocycles. The Morgan fingerprint density at radius 1 is 1.03 bits per heavy atom. The molecule has 4 aromatic rings. The highest BCUT2D eigenvalue weighted by Crippen LogP contribution is 2.39. The molecule has 1 amide bonds. The number of benzene rings is 2. The number of nitrogens with zero attached hydrogens (tertiary/aromatic N) is 3. The first-order valence-corrected chi connectivity index (χ1v) is 11.6. The van der Waals surface area contributed by atoms with Crippen LogP contribution in [0.2, 0.25) is 5.02 Å². The number of nitrogens with one attached hydrogen (secondary N) is 2. The van der Waals surface area contributed by atoms with Gasteiger partial charge in [-0.15, -0.1) is 0 Å². The van der Waals surface area contributed by atoms with Gasteiger partial charge in [-0.2, -0.15) is 0 Å². The third kappa shape index (κ3) is 4.53. The second-order valence-electron chi connectivity index (χ2n) is 7.95. The number of carbonyl (C=O) groups is 1. The molecule has 6 nitrogen and oxygen atoms in total. The summed E-state index contributed by atoms with van der Waals surface area (Å²) in [6.45, 7) is 0.0927. The number of carbonyl (C=O) groups excluding carboxylic acids is 1. The van der Waals surface area contributed by atoms with Gasteiger partial charge in [-0.05, 0) is 66.8 Å². The summed E-state index contributed by atoms with van der Waals surface area (Å²) < 4.78 is 2.07. The summed E-state index contributed by atoms with van der Waals surface area (Å²) in [5.41, 5.74) is 3.49. The van der Waals surface area contributed by atoms with Crippen molar-refractivity contribution in [2.45, 2.75) is 12.1 Å². The zero-order chi connectivity index (χ0) is 23.5. The zero-order valence-electron chi connectivity index (χ0n) is 18.1. The molecule has 0 aliphatic carbocycles. The predicted octanol–water partition coefficient (Wildman–Crippen LogP) is 5.14. The van der Waals surface area contributed by atoms with Gasteiger partial charge in [0.1, 0.15) is 6.54 Å². The molecule has 0 spiro atoms. The maximum atomic E-state index is 13.0. The molecule has 2 aromatic carbocycles. The van der Waals surface area contributed by atoms with E-state index >= 15 is 0 Å². The van der Waals surface area contributed by atoms with E-state index in [0.29, 0.717) is 10.1 Å². The van der Waals surface area contributed by atoms with Crippen LogP contribution in [0.15, 0.2) is 97.3 Å². The quantitative estimate of drug-likeness (QED) is 0.369. The number of anilines is 1. The van der Waals surface area contributed by atoms with E-state index in [-0.39, 0.29) is 24.5 Å². The van der Waals surface area contributed by atoms with Gasteiger partial charge in [-0.3, -0.25) is 9.78 Å². The molecule has 8 heteroatoms. The van der Waals surface area contributed by atoms with Crippen molar-refractivity contribution in [1.29, 1.82) is 0 Å². The highest BCUT2D eigenvalue weighted by Gasteiger charge is 2.42. The van der Waals surface area contributed by atoms with E-state index in [4.69, 9.17) is 23.8 Å². The molecule has 1 fully saturated rings. The van der Waals surface area contributed by atoms with Crippen molar-refractivity contribution in [2.24, 2.45) is 0 Å². The van der Waals surface area contributed by atoms with Crippen LogP contribution < -0.4 is 10.6 Å². The maximum absolute atomic E-state index is 13.0. The second-order valence-corrected chi connectivity index (χ2v) is 8.77. The Hall–Kier alpha value is -3.68. The fourth-order valence-electron chi connectivity index (χ4n) is 4.27. The Bertz CT molecular complexity index is 1310. The molecule has 1 saturated heterocycles. The van der Waals surface area contributed by atoms with E-state index in [1.54, 1.807) is 6.20 Å². The molecule has 1 aliphatic heterocycles. The number of amides is 1. The second kappa shape index (κ2) is 9.67. The van der Waals surface area contributed by atoms with E-state index in [1.165, 1.54) is 0 Å². The van der Waals surface area contributed by atoms with Crippen LogP contribution in [0, 0.1) is 0 Å². The number of hydrogen-bond acceptors (Lipinski definition) is 3. The van der Waals surface area contributed by atoms with Crippen LogP contribution in [0.3, 0.4) is 0 Å². The Morgan fingerprint density at radius 3 is 2.62 bits per heavy atom. The van der Waals surface area contributed by atoms with Crippen LogP contribution in [0.1, 0.15) is 23.5 Å². The predicted molar refractivity (Wildman–Crippen MR) is 138 cm³/mol.